The van der Waals surface area contributed by atoms with Crippen molar-refractivity contribution in [3.8, 4) is 0 Å². The third-order valence-corrected chi connectivity index (χ3v) is 6.55. The molecule has 2 aromatic rings. The first-order chi connectivity index (χ1) is 13.4. The zero-order valence-corrected chi connectivity index (χ0v) is 17.0. The van der Waals surface area contributed by atoms with E-state index in [1.54, 1.807) is 12.1 Å². The molecule has 0 saturated carbocycles. The van der Waals surface area contributed by atoms with Crippen LogP contribution in [0.15, 0.2) is 41.6 Å². The summed E-state index contributed by atoms with van der Waals surface area (Å²) >= 11 is 12.0. The van der Waals surface area contributed by atoms with Crippen LogP contribution in [0.2, 0.25) is 10.0 Å². The molecule has 28 heavy (non-hydrogen) atoms. The molecule has 1 saturated heterocycles. The zero-order valence-electron chi connectivity index (χ0n) is 14.7. The number of ether oxygens (including phenoxy) is 1. The average Bonchev–Trinajstić information content (AvgIpc) is 2.68. The van der Waals surface area contributed by atoms with Gasteiger partial charge in [-0.1, -0.05) is 23.2 Å². The van der Waals surface area contributed by atoms with Gasteiger partial charge in [0.05, 0.1) is 41.7 Å². The molecule has 0 spiro atoms. The van der Waals surface area contributed by atoms with Crippen molar-refractivity contribution in [2.75, 3.05) is 43.5 Å². The van der Waals surface area contributed by atoms with Crippen LogP contribution in [-0.2, 0) is 19.6 Å². The minimum atomic E-state index is -3.75. The van der Waals surface area contributed by atoms with E-state index in [1.807, 2.05) is 0 Å². The standard InChI is InChI=1S/C17H18Cl2N4O4S/c18-12-7-14(10-20-9-12)22-17(24)11-21-13-1-2-15(19)16(8-13)28(25,26)23-3-5-27-6-4-23/h1-2,7-10,21H,3-6,11H2,(H,22,24). The highest BCUT2D eigenvalue weighted by Gasteiger charge is 2.28. The lowest BCUT2D eigenvalue weighted by atomic mass is 10.3. The van der Waals surface area contributed by atoms with Crippen LogP contribution < -0.4 is 10.6 Å². The Morgan fingerprint density at radius 1 is 1.14 bits per heavy atom. The van der Waals surface area contributed by atoms with E-state index in [1.165, 1.54) is 28.8 Å². The fourth-order valence-electron chi connectivity index (χ4n) is 2.60. The summed E-state index contributed by atoms with van der Waals surface area (Å²) in [5, 5.41) is 6.06. The van der Waals surface area contributed by atoms with E-state index in [4.69, 9.17) is 27.9 Å². The fourth-order valence-corrected chi connectivity index (χ4v) is 4.69. The Morgan fingerprint density at radius 3 is 2.61 bits per heavy atom. The molecular formula is C17H18Cl2N4O4S. The third-order valence-electron chi connectivity index (χ3n) is 3.96. The first-order valence-corrected chi connectivity index (χ1v) is 10.6. The molecule has 3 rings (SSSR count). The van der Waals surface area contributed by atoms with Crippen LogP contribution in [0.5, 0.6) is 0 Å². The van der Waals surface area contributed by atoms with Crippen molar-refractivity contribution >= 4 is 50.5 Å². The van der Waals surface area contributed by atoms with Crippen molar-refractivity contribution in [1.29, 1.82) is 0 Å². The van der Waals surface area contributed by atoms with Gasteiger partial charge in [-0.15, -0.1) is 0 Å². The molecule has 2 heterocycles. The highest BCUT2D eigenvalue weighted by molar-refractivity contribution is 7.89. The summed E-state index contributed by atoms with van der Waals surface area (Å²) in [6.45, 7) is 1.14. The van der Waals surface area contributed by atoms with Crippen molar-refractivity contribution < 1.29 is 17.9 Å². The Balaban J connectivity index is 1.68. The largest absolute Gasteiger partial charge is 0.379 e. The van der Waals surface area contributed by atoms with Crippen molar-refractivity contribution in [3.63, 3.8) is 0 Å². The van der Waals surface area contributed by atoms with Gasteiger partial charge in [-0.05, 0) is 24.3 Å². The number of anilines is 2. The first kappa shape index (κ1) is 20.8. The molecule has 0 bridgehead atoms. The fraction of sp³-hybridized carbons (Fsp3) is 0.294. The maximum atomic E-state index is 12.8. The SMILES string of the molecule is O=C(CNc1ccc(Cl)c(S(=O)(=O)N2CCOCC2)c1)Nc1cncc(Cl)c1. The summed E-state index contributed by atoms with van der Waals surface area (Å²) in [4.78, 5) is 16.0. The molecule has 1 aromatic heterocycles. The molecule has 0 aliphatic carbocycles. The van der Waals surface area contributed by atoms with Crippen LogP contribution >= 0.6 is 23.2 Å². The highest BCUT2D eigenvalue weighted by atomic mass is 35.5. The van der Waals surface area contributed by atoms with E-state index in [9.17, 15) is 13.2 Å². The summed E-state index contributed by atoms with van der Waals surface area (Å²) in [5.74, 6) is -0.336. The number of hydrogen-bond acceptors (Lipinski definition) is 6. The second-order valence-electron chi connectivity index (χ2n) is 5.96. The summed E-state index contributed by atoms with van der Waals surface area (Å²) in [6.07, 6.45) is 2.93. The number of carbonyl (C=O) groups is 1. The summed E-state index contributed by atoms with van der Waals surface area (Å²) in [7, 11) is -3.75. The molecule has 2 N–H and O–H groups in total. The van der Waals surface area contributed by atoms with Gasteiger partial charge in [0.25, 0.3) is 0 Å². The number of pyridine rings is 1. The minimum absolute atomic E-state index is 0.0134. The summed E-state index contributed by atoms with van der Waals surface area (Å²) in [6, 6.07) is 6.08. The monoisotopic (exact) mass is 444 g/mol. The summed E-state index contributed by atoms with van der Waals surface area (Å²) in [5.41, 5.74) is 0.918. The first-order valence-electron chi connectivity index (χ1n) is 8.38. The quantitative estimate of drug-likeness (QED) is 0.709. The molecule has 0 radical (unpaired) electrons. The Morgan fingerprint density at radius 2 is 1.89 bits per heavy atom. The molecule has 11 heteroatoms. The lowest BCUT2D eigenvalue weighted by Crippen LogP contribution is -2.40. The number of nitrogens with one attached hydrogen (secondary N) is 2. The molecule has 1 aliphatic rings. The number of halogens is 2. The van der Waals surface area contributed by atoms with E-state index in [-0.39, 0.29) is 35.5 Å². The number of carbonyl (C=O) groups excluding carboxylic acids is 1. The Kier molecular flexibility index (Phi) is 6.73. The van der Waals surface area contributed by atoms with Crippen LogP contribution in [-0.4, -0.2) is 56.5 Å². The second-order valence-corrected chi connectivity index (χ2v) is 8.71. The van der Waals surface area contributed by atoms with Crippen molar-refractivity contribution in [2.24, 2.45) is 0 Å². The highest BCUT2D eigenvalue weighted by Crippen LogP contribution is 2.28. The van der Waals surface area contributed by atoms with Gasteiger partial charge in [0.2, 0.25) is 15.9 Å². The van der Waals surface area contributed by atoms with E-state index < -0.39 is 10.0 Å². The Bertz CT molecular complexity index is 965. The number of hydrogen-bond donors (Lipinski definition) is 2. The second kappa shape index (κ2) is 9.06. The van der Waals surface area contributed by atoms with Crippen LogP contribution in [0, 0.1) is 0 Å². The maximum absolute atomic E-state index is 12.8. The van der Waals surface area contributed by atoms with Gasteiger partial charge in [0, 0.05) is 25.0 Å². The van der Waals surface area contributed by atoms with Gasteiger partial charge in [-0.3, -0.25) is 9.78 Å². The molecule has 1 fully saturated rings. The van der Waals surface area contributed by atoms with E-state index in [0.29, 0.717) is 29.6 Å². The predicted octanol–water partition coefficient (Wildman–Crippen LogP) is 2.46. The van der Waals surface area contributed by atoms with Gasteiger partial charge in [-0.25, -0.2) is 8.42 Å². The minimum Gasteiger partial charge on any atom is -0.379 e. The van der Waals surface area contributed by atoms with E-state index >= 15 is 0 Å². The average molecular weight is 445 g/mol. The number of sulfonamides is 1. The van der Waals surface area contributed by atoms with E-state index in [2.05, 4.69) is 15.6 Å². The number of morpholine rings is 1. The number of benzene rings is 1. The summed E-state index contributed by atoms with van der Waals surface area (Å²) < 4.78 is 32.2. The van der Waals surface area contributed by atoms with Crippen LogP contribution in [0.4, 0.5) is 11.4 Å². The van der Waals surface area contributed by atoms with Gasteiger partial charge in [0.1, 0.15) is 4.90 Å². The van der Waals surface area contributed by atoms with Gasteiger partial charge >= 0.3 is 0 Å². The van der Waals surface area contributed by atoms with Crippen LogP contribution in [0.25, 0.3) is 0 Å². The lowest BCUT2D eigenvalue weighted by molar-refractivity contribution is -0.114. The number of rotatable bonds is 6. The normalized spacial score (nSPS) is 15.2. The van der Waals surface area contributed by atoms with E-state index in [0.717, 1.165) is 0 Å². The molecule has 1 amide bonds. The van der Waals surface area contributed by atoms with Crippen molar-refractivity contribution in [3.05, 3.63) is 46.7 Å². The van der Waals surface area contributed by atoms with Gasteiger partial charge < -0.3 is 15.4 Å². The number of amides is 1. The topological polar surface area (TPSA) is 101 Å². The van der Waals surface area contributed by atoms with Crippen LogP contribution in [0.1, 0.15) is 0 Å². The Labute approximate surface area is 172 Å². The van der Waals surface area contributed by atoms with Gasteiger partial charge in [0.15, 0.2) is 0 Å². The van der Waals surface area contributed by atoms with Crippen molar-refractivity contribution in [1.82, 2.24) is 9.29 Å². The molecule has 1 aliphatic heterocycles. The third kappa shape index (κ3) is 5.12. The number of nitrogens with zero attached hydrogens (tertiary/aromatic N) is 2. The van der Waals surface area contributed by atoms with Gasteiger partial charge in [-0.2, -0.15) is 4.31 Å². The number of aromatic nitrogens is 1. The molecular weight excluding hydrogens is 427 g/mol. The molecule has 8 nitrogen and oxygen atoms in total. The zero-order chi connectivity index (χ0) is 20.1. The molecule has 1 aromatic carbocycles. The van der Waals surface area contributed by atoms with Crippen LogP contribution in [0.3, 0.4) is 0 Å². The Hall–Kier alpha value is -1.91. The maximum Gasteiger partial charge on any atom is 0.244 e. The predicted molar refractivity (Wildman–Crippen MR) is 107 cm³/mol. The molecule has 150 valence electrons. The lowest BCUT2D eigenvalue weighted by Gasteiger charge is -2.26. The molecule has 0 unspecified atom stereocenters. The molecule has 0 atom stereocenters. The van der Waals surface area contributed by atoms with Crippen molar-refractivity contribution in [2.45, 2.75) is 4.90 Å². The smallest absolute Gasteiger partial charge is 0.244 e.